The molecule has 0 aliphatic carbocycles. The molecule has 1 atom stereocenters. The van der Waals surface area contributed by atoms with Crippen LogP contribution in [0.15, 0.2) is 24.3 Å². The summed E-state index contributed by atoms with van der Waals surface area (Å²) in [4.78, 5) is 0. The number of ether oxygens (including phenoxy) is 1. The lowest BCUT2D eigenvalue weighted by molar-refractivity contribution is 0.300. The minimum atomic E-state index is -0.174. The Labute approximate surface area is 94.6 Å². The van der Waals surface area contributed by atoms with Gasteiger partial charge in [0, 0.05) is 6.42 Å². The largest absolute Gasteiger partial charge is 0.492 e. The molecule has 0 radical (unpaired) electrons. The molecular weight excluding hydrogens is 212 g/mol. The molecule has 0 saturated heterocycles. The number of para-hydroxylation sites is 1. The lowest BCUT2D eigenvalue weighted by Gasteiger charge is -2.10. The molecule has 4 heteroatoms. The lowest BCUT2D eigenvalue weighted by atomic mass is 10.2. The van der Waals surface area contributed by atoms with E-state index in [1.807, 2.05) is 18.2 Å². The van der Waals surface area contributed by atoms with E-state index >= 15 is 0 Å². The van der Waals surface area contributed by atoms with Crippen molar-refractivity contribution in [2.45, 2.75) is 12.5 Å². The van der Waals surface area contributed by atoms with E-state index in [0.717, 1.165) is 0 Å². The van der Waals surface area contributed by atoms with E-state index in [2.05, 4.69) is 11.4 Å². The van der Waals surface area contributed by atoms with Crippen LogP contribution in [0, 0.1) is 11.3 Å². The Kier molecular flexibility index (Phi) is 4.96. The van der Waals surface area contributed by atoms with Crippen LogP contribution in [0.2, 0.25) is 5.02 Å². The standard InChI is InChI=1S/C11H13ClN2O/c1-14-9(8-13)6-7-15-11-5-3-2-4-10(11)12/h2-5,9,14H,6-7H2,1H3. The zero-order valence-electron chi connectivity index (χ0n) is 8.53. The van der Waals surface area contributed by atoms with Crippen LogP contribution in [0.3, 0.4) is 0 Å². The van der Waals surface area contributed by atoms with Crippen molar-refractivity contribution >= 4 is 11.6 Å². The van der Waals surface area contributed by atoms with Crippen LogP contribution >= 0.6 is 11.6 Å². The van der Waals surface area contributed by atoms with E-state index in [0.29, 0.717) is 23.8 Å². The third kappa shape index (κ3) is 3.78. The second-order valence-electron chi connectivity index (χ2n) is 3.04. The number of rotatable bonds is 5. The maximum Gasteiger partial charge on any atom is 0.137 e. The fourth-order valence-corrected chi connectivity index (χ4v) is 1.31. The molecule has 0 aromatic heterocycles. The molecule has 0 spiro atoms. The summed E-state index contributed by atoms with van der Waals surface area (Å²) in [6, 6.07) is 9.25. The number of benzene rings is 1. The second kappa shape index (κ2) is 6.28. The van der Waals surface area contributed by atoms with Crippen LogP contribution in [0.5, 0.6) is 5.75 Å². The van der Waals surface area contributed by atoms with Crippen LogP contribution in [-0.4, -0.2) is 19.7 Å². The molecule has 80 valence electrons. The van der Waals surface area contributed by atoms with Gasteiger partial charge in [0.1, 0.15) is 5.75 Å². The van der Waals surface area contributed by atoms with E-state index in [9.17, 15) is 0 Å². The first-order chi connectivity index (χ1) is 7.27. The Bertz CT molecular complexity index is 349. The zero-order chi connectivity index (χ0) is 11.1. The van der Waals surface area contributed by atoms with Gasteiger partial charge in [-0.3, -0.25) is 0 Å². The Morgan fingerprint density at radius 2 is 2.27 bits per heavy atom. The Morgan fingerprint density at radius 1 is 1.53 bits per heavy atom. The highest BCUT2D eigenvalue weighted by molar-refractivity contribution is 6.32. The van der Waals surface area contributed by atoms with Crippen molar-refractivity contribution < 1.29 is 4.74 Å². The highest BCUT2D eigenvalue weighted by Gasteiger charge is 2.04. The van der Waals surface area contributed by atoms with Gasteiger partial charge < -0.3 is 10.1 Å². The first kappa shape index (κ1) is 11.8. The van der Waals surface area contributed by atoms with Gasteiger partial charge in [0.15, 0.2) is 0 Å². The number of nitriles is 1. The van der Waals surface area contributed by atoms with E-state index in [1.165, 1.54) is 0 Å². The zero-order valence-corrected chi connectivity index (χ0v) is 9.29. The number of hydrogen-bond acceptors (Lipinski definition) is 3. The summed E-state index contributed by atoms with van der Waals surface area (Å²) in [5.74, 6) is 0.659. The average molecular weight is 225 g/mol. The predicted molar refractivity (Wildman–Crippen MR) is 60.0 cm³/mol. The predicted octanol–water partition coefficient (Wildman–Crippen LogP) is 2.22. The number of nitrogens with zero attached hydrogens (tertiary/aromatic N) is 1. The summed E-state index contributed by atoms with van der Waals surface area (Å²) in [6.45, 7) is 0.475. The molecule has 0 fully saturated rings. The molecule has 0 amide bonds. The fourth-order valence-electron chi connectivity index (χ4n) is 1.12. The first-order valence-electron chi connectivity index (χ1n) is 4.72. The molecule has 1 rings (SSSR count). The third-order valence-corrected chi connectivity index (χ3v) is 2.32. The van der Waals surface area contributed by atoms with Gasteiger partial charge in [0.25, 0.3) is 0 Å². The van der Waals surface area contributed by atoms with Crippen molar-refractivity contribution in [3.05, 3.63) is 29.3 Å². The maximum atomic E-state index is 8.68. The summed E-state index contributed by atoms with van der Waals surface area (Å²) >= 11 is 5.90. The maximum absolute atomic E-state index is 8.68. The molecule has 3 nitrogen and oxygen atoms in total. The Morgan fingerprint density at radius 3 is 2.87 bits per heavy atom. The summed E-state index contributed by atoms with van der Waals surface area (Å²) in [5.41, 5.74) is 0. The molecule has 15 heavy (non-hydrogen) atoms. The van der Waals surface area contributed by atoms with E-state index < -0.39 is 0 Å². The summed E-state index contributed by atoms with van der Waals surface area (Å²) in [7, 11) is 1.75. The van der Waals surface area contributed by atoms with E-state index in [-0.39, 0.29) is 6.04 Å². The molecule has 0 aliphatic rings. The molecule has 1 aromatic rings. The van der Waals surface area contributed by atoms with Crippen LogP contribution in [-0.2, 0) is 0 Å². The van der Waals surface area contributed by atoms with Crippen LogP contribution in [0.4, 0.5) is 0 Å². The van der Waals surface area contributed by atoms with E-state index in [1.54, 1.807) is 13.1 Å². The topological polar surface area (TPSA) is 45.0 Å². The minimum Gasteiger partial charge on any atom is -0.492 e. The molecule has 0 bridgehead atoms. The van der Waals surface area contributed by atoms with Gasteiger partial charge in [-0.15, -0.1) is 0 Å². The van der Waals surface area contributed by atoms with Crippen molar-refractivity contribution in [1.29, 1.82) is 5.26 Å². The highest BCUT2D eigenvalue weighted by Crippen LogP contribution is 2.23. The number of hydrogen-bond donors (Lipinski definition) is 1. The van der Waals surface area contributed by atoms with Gasteiger partial charge in [-0.2, -0.15) is 5.26 Å². The highest BCUT2D eigenvalue weighted by atomic mass is 35.5. The van der Waals surface area contributed by atoms with Crippen LogP contribution in [0.25, 0.3) is 0 Å². The molecule has 1 unspecified atom stereocenters. The van der Waals surface area contributed by atoms with Crippen molar-refractivity contribution in [3.63, 3.8) is 0 Å². The summed E-state index contributed by atoms with van der Waals surface area (Å²) < 4.78 is 5.45. The molecule has 0 saturated carbocycles. The SMILES string of the molecule is CNC(C#N)CCOc1ccccc1Cl. The summed E-state index contributed by atoms with van der Waals surface area (Å²) in [6.07, 6.45) is 0.637. The van der Waals surface area contributed by atoms with Crippen LogP contribution in [0.1, 0.15) is 6.42 Å². The smallest absolute Gasteiger partial charge is 0.137 e. The number of halogens is 1. The van der Waals surface area contributed by atoms with Gasteiger partial charge in [-0.1, -0.05) is 23.7 Å². The first-order valence-corrected chi connectivity index (χ1v) is 5.10. The van der Waals surface area contributed by atoms with Gasteiger partial charge in [0.05, 0.1) is 23.7 Å². The Hall–Kier alpha value is -1.24. The van der Waals surface area contributed by atoms with Gasteiger partial charge in [-0.25, -0.2) is 0 Å². The minimum absolute atomic E-state index is 0.174. The quantitative estimate of drug-likeness (QED) is 0.834. The fraction of sp³-hybridized carbons (Fsp3) is 0.364. The molecule has 0 aliphatic heterocycles. The molecular formula is C11H13ClN2O. The monoisotopic (exact) mass is 224 g/mol. The van der Waals surface area contributed by atoms with Crippen molar-refractivity contribution in [2.24, 2.45) is 0 Å². The van der Waals surface area contributed by atoms with Gasteiger partial charge in [-0.05, 0) is 19.2 Å². The number of nitrogens with one attached hydrogen (secondary N) is 1. The van der Waals surface area contributed by atoms with Crippen molar-refractivity contribution in [1.82, 2.24) is 5.32 Å². The molecule has 1 N–H and O–H groups in total. The Balaban J connectivity index is 2.39. The lowest BCUT2D eigenvalue weighted by Crippen LogP contribution is -2.25. The normalized spacial score (nSPS) is 11.8. The average Bonchev–Trinajstić information content (AvgIpc) is 2.27. The van der Waals surface area contributed by atoms with Crippen molar-refractivity contribution in [3.8, 4) is 11.8 Å². The van der Waals surface area contributed by atoms with E-state index in [4.69, 9.17) is 21.6 Å². The second-order valence-corrected chi connectivity index (χ2v) is 3.45. The van der Waals surface area contributed by atoms with Gasteiger partial charge in [0.2, 0.25) is 0 Å². The molecule has 0 heterocycles. The third-order valence-electron chi connectivity index (χ3n) is 2.01. The summed E-state index contributed by atoms with van der Waals surface area (Å²) in [5, 5.41) is 12.2. The van der Waals surface area contributed by atoms with Crippen LogP contribution < -0.4 is 10.1 Å². The van der Waals surface area contributed by atoms with Gasteiger partial charge >= 0.3 is 0 Å². The molecule has 1 aromatic carbocycles. The van der Waals surface area contributed by atoms with Crippen molar-refractivity contribution in [2.75, 3.05) is 13.7 Å².